The number of benzene rings is 1. The molecule has 0 bridgehead atoms. The molecule has 1 rings (SSSR count). The zero-order chi connectivity index (χ0) is 13.8. The van der Waals surface area contributed by atoms with Gasteiger partial charge in [0.2, 0.25) is 0 Å². The number of carbonyl (C=O) groups is 1. The number of hydrogen-bond acceptors (Lipinski definition) is 2. The molecule has 0 amide bonds. The van der Waals surface area contributed by atoms with E-state index in [9.17, 15) is 4.79 Å². The SMILES string of the molecule is CC.CC.CC(=O)c1ccccc1CN(C)C. The Bertz CT molecular complexity index is 306. The van der Waals surface area contributed by atoms with Crippen molar-refractivity contribution in [1.29, 1.82) is 0 Å². The molecule has 0 heterocycles. The van der Waals surface area contributed by atoms with Gasteiger partial charge in [0.15, 0.2) is 5.78 Å². The van der Waals surface area contributed by atoms with E-state index in [1.54, 1.807) is 6.92 Å². The van der Waals surface area contributed by atoms with Gasteiger partial charge >= 0.3 is 0 Å². The standard InChI is InChI=1S/C11H15NO.2C2H6/c1-9(13)11-7-5-4-6-10(11)8-12(2)3;2*1-2/h4-7H,8H2,1-3H3;2*1-2H3. The molecule has 0 aliphatic carbocycles. The third-order valence-corrected chi connectivity index (χ3v) is 1.88. The molecule has 1 aromatic rings. The number of rotatable bonds is 3. The monoisotopic (exact) mass is 237 g/mol. The topological polar surface area (TPSA) is 20.3 Å². The molecular formula is C15H27NO. The molecule has 0 aliphatic rings. The van der Waals surface area contributed by atoms with Gasteiger partial charge in [0, 0.05) is 12.1 Å². The highest BCUT2D eigenvalue weighted by atomic mass is 16.1. The van der Waals surface area contributed by atoms with E-state index >= 15 is 0 Å². The van der Waals surface area contributed by atoms with Crippen LogP contribution in [0, 0.1) is 0 Å². The maximum absolute atomic E-state index is 11.2. The van der Waals surface area contributed by atoms with Crippen molar-refractivity contribution >= 4 is 5.78 Å². The Morgan fingerprint density at radius 3 is 1.94 bits per heavy atom. The molecule has 0 radical (unpaired) electrons. The summed E-state index contributed by atoms with van der Waals surface area (Å²) < 4.78 is 0. The highest BCUT2D eigenvalue weighted by molar-refractivity contribution is 5.95. The molecule has 1 aromatic carbocycles. The maximum Gasteiger partial charge on any atom is 0.160 e. The van der Waals surface area contributed by atoms with Gasteiger partial charge in [-0.3, -0.25) is 4.79 Å². The van der Waals surface area contributed by atoms with Crippen LogP contribution in [0.5, 0.6) is 0 Å². The third kappa shape index (κ3) is 7.70. The van der Waals surface area contributed by atoms with Crippen LogP contribution in [0.3, 0.4) is 0 Å². The van der Waals surface area contributed by atoms with Crippen LogP contribution in [-0.4, -0.2) is 24.8 Å². The number of hydrogen-bond donors (Lipinski definition) is 0. The Morgan fingerprint density at radius 1 is 1.06 bits per heavy atom. The van der Waals surface area contributed by atoms with Crippen LogP contribution in [0.2, 0.25) is 0 Å². The highest BCUT2D eigenvalue weighted by Crippen LogP contribution is 2.10. The number of ketones is 1. The summed E-state index contributed by atoms with van der Waals surface area (Å²) in [5.41, 5.74) is 1.93. The van der Waals surface area contributed by atoms with E-state index in [0.29, 0.717) is 0 Å². The molecule has 2 heteroatoms. The largest absolute Gasteiger partial charge is 0.305 e. The second kappa shape index (κ2) is 11.3. The van der Waals surface area contributed by atoms with Crippen molar-refractivity contribution in [2.45, 2.75) is 41.2 Å². The lowest BCUT2D eigenvalue weighted by Crippen LogP contribution is -2.13. The summed E-state index contributed by atoms with van der Waals surface area (Å²) in [7, 11) is 3.99. The first-order valence-corrected chi connectivity index (χ1v) is 6.35. The van der Waals surface area contributed by atoms with Gasteiger partial charge in [-0.25, -0.2) is 0 Å². The molecule has 98 valence electrons. The number of Topliss-reactive ketones (excluding diaryl/α,β-unsaturated/α-hetero) is 1. The Kier molecular flexibility index (Phi) is 12.2. The van der Waals surface area contributed by atoms with Gasteiger partial charge in [-0.05, 0) is 26.6 Å². The van der Waals surface area contributed by atoms with E-state index in [4.69, 9.17) is 0 Å². The summed E-state index contributed by atoms with van der Waals surface area (Å²) in [6.45, 7) is 10.4. The molecule has 0 aliphatic heterocycles. The van der Waals surface area contributed by atoms with Gasteiger partial charge in [0.1, 0.15) is 0 Å². The molecule has 0 saturated heterocycles. The molecular weight excluding hydrogens is 210 g/mol. The molecule has 0 atom stereocenters. The Morgan fingerprint density at radius 2 is 1.53 bits per heavy atom. The Hall–Kier alpha value is -1.15. The number of nitrogens with zero attached hydrogens (tertiary/aromatic N) is 1. The van der Waals surface area contributed by atoms with Crippen molar-refractivity contribution in [3.8, 4) is 0 Å². The summed E-state index contributed by atoms with van der Waals surface area (Å²) in [6, 6.07) is 7.74. The molecule has 17 heavy (non-hydrogen) atoms. The van der Waals surface area contributed by atoms with Gasteiger partial charge in [-0.1, -0.05) is 52.0 Å². The van der Waals surface area contributed by atoms with Crippen molar-refractivity contribution < 1.29 is 4.79 Å². The summed E-state index contributed by atoms with van der Waals surface area (Å²) in [6.07, 6.45) is 0. The molecule has 0 fully saturated rings. The van der Waals surface area contributed by atoms with E-state index in [1.165, 1.54) is 0 Å². The van der Waals surface area contributed by atoms with Crippen LogP contribution < -0.4 is 0 Å². The molecule has 0 unspecified atom stereocenters. The zero-order valence-corrected chi connectivity index (χ0v) is 12.4. The van der Waals surface area contributed by atoms with Crippen molar-refractivity contribution in [2.75, 3.05) is 14.1 Å². The van der Waals surface area contributed by atoms with Crippen LogP contribution in [-0.2, 0) is 6.54 Å². The van der Waals surface area contributed by atoms with Gasteiger partial charge in [0.25, 0.3) is 0 Å². The third-order valence-electron chi connectivity index (χ3n) is 1.88. The van der Waals surface area contributed by atoms with Gasteiger partial charge in [-0.2, -0.15) is 0 Å². The minimum absolute atomic E-state index is 0.137. The van der Waals surface area contributed by atoms with E-state index in [-0.39, 0.29) is 5.78 Å². The first-order chi connectivity index (χ1) is 8.11. The molecule has 0 saturated carbocycles. The fraction of sp³-hybridized carbons (Fsp3) is 0.533. The second-order valence-electron chi connectivity index (χ2n) is 3.45. The van der Waals surface area contributed by atoms with Crippen LogP contribution in [0.4, 0.5) is 0 Å². The lowest BCUT2D eigenvalue weighted by atomic mass is 10.0. The average molecular weight is 237 g/mol. The fourth-order valence-corrected chi connectivity index (χ4v) is 1.34. The lowest BCUT2D eigenvalue weighted by molar-refractivity contribution is 0.101. The fourth-order valence-electron chi connectivity index (χ4n) is 1.34. The van der Waals surface area contributed by atoms with E-state index in [2.05, 4.69) is 4.90 Å². The first-order valence-electron chi connectivity index (χ1n) is 6.35. The summed E-state index contributed by atoms with van der Waals surface area (Å²) in [5.74, 6) is 0.137. The lowest BCUT2D eigenvalue weighted by Gasteiger charge is -2.12. The van der Waals surface area contributed by atoms with Crippen molar-refractivity contribution in [1.82, 2.24) is 4.90 Å². The number of carbonyl (C=O) groups excluding carboxylic acids is 1. The van der Waals surface area contributed by atoms with Gasteiger partial charge in [-0.15, -0.1) is 0 Å². The van der Waals surface area contributed by atoms with Gasteiger partial charge in [0.05, 0.1) is 0 Å². The first kappa shape index (κ1) is 18.2. The predicted molar refractivity (Wildman–Crippen MR) is 76.5 cm³/mol. The van der Waals surface area contributed by atoms with Crippen LogP contribution in [0.15, 0.2) is 24.3 Å². The predicted octanol–water partition coefficient (Wildman–Crippen LogP) is 4.00. The molecule has 0 spiro atoms. The van der Waals surface area contributed by atoms with Crippen molar-refractivity contribution in [3.05, 3.63) is 35.4 Å². The Balaban J connectivity index is 0. The highest BCUT2D eigenvalue weighted by Gasteiger charge is 2.05. The van der Waals surface area contributed by atoms with Crippen LogP contribution in [0.1, 0.15) is 50.5 Å². The van der Waals surface area contributed by atoms with E-state index in [1.807, 2.05) is 66.1 Å². The molecule has 0 N–H and O–H groups in total. The average Bonchev–Trinajstić information content (AvgIpc) is 2.34. The quantitative estimate of drug-likeness (QED) is 0.740. The summed E-state index contributed by atoms with van der Waals surface area (Å²) in [5, 5.41) is 0. The second-order valence-corrected chi connectivity index (χ2v) is 3.45. The van der Waals surface area contributed by atoms with E-state index in [0.717, 1.165) is 17.7 Å². The van der Waals surface area contributed by atoms with Crippen LogP contribution >= 0.6 is 0 Å². The molecule has 2 nitrogen and oxygen atoms in total. The normalized spacial score (nSPS) is 8.71. The minimum Gasteiger partial charge on any atom is -0.305 e. The molecule has 0 aromatic heterocycles. The summed E-state index contributed by atoms with van der Waals surface area (Å²) in [4.78, 5) is 13.3. The minimum atomic E-state index is 0.137. The zero-order valence-electron chi connectivity index (χ0n) is 12.4. The smallest absolute Gasteiger partial charge is 0.160 e. The van der Waals surface area contributed by atoms with E-state index < -0.39 is 0 Å². The summed E-state index contributed by atoms with van der Waals surface area (Å²) >= 11 is 0. The van der Waals surface area contributed by atoms with Crippen molar-refractivity contribution in [3.63, 3.8) is 0 Å². The van der Waals surface area contributed by atoms with Crippen molar-refractivity contribution in [2.24, 2.45) is 0 Å². The van der Waals surface area contributed by atoms with Gasteiger partial charge < -0.3 is 4.90 Å². The maximum atomic E-state index is 11.2. The Labute approximate surface area is 107 Å². The van der Waals surface area contributed by atoms with Crippen LogP contribution in [0.25, 0.3) is 0 Å².